The summed E-state index contributed by atoms with van der Waals surface area (Å²) in [6.07, 6.45) is 5.31. The second-order valence-electron chi connectivity index (χ2n) is 10.3. The van der Waals surface area contributed by atoms with Gasteiger partial charge in [-0.15, -0.1) is 0 Å². The Hall–Kier alpha value is -1.89. The van der Waals surface area contributed by atoms with Crippen LogP contribution >= 0.6 is 0 Å². The van der Waals surface area contributed by atoms with Crippen LogP contribution in [0.1, 0.15) is 81.1 Å². The normalized spacial score (nSPS) is 19.5. The lowest BCUT2D eigenvalue weighted by molar-refractivity contribution is -0.140. The lowest BCUT2D eigenvalue weighted by Gasteiger charge is -2.39. The van der Waals surface area contributed by atoms with E-state index in [4.69, 9.17) is 4.74 Å². The van der Waals surface area contributed by atoms with Gasteiger partial charge in [0.1, 0.15) is 6.04 Å². The number of hydrogen-bond donors (Lipinski definition) is 1. The molecule has 0 aromatic rings. The summed E-state index contributed by atoms with van der Waals surface area (Å²) in [7, 11) is 1.75. The topological polar surface area (TPSA) is 79.0 Å². The molecule has 1 N–H and O–H groups in total. The average Bonchev–Trinajstić information content (AvgIpc) is 2.75. The molecule has 1 heterocycles. The van der Waals surface area contributed by atoms with Gasteiger partial charge >= 0.3 is 5.97 Å². The number of likely N-dealkylation sites (N-methyl/N-ethyl adjacent to an activating group) is 1. The van der Waals surface area contributed by atoms with Crippen LogP contribution in [-0.2, 0) is 19.1 Å². The van der Waals surface area contributed by atoms with Crippen LogP contribution in [0.2, 0.25) is 0 Å². The molecule has 1 aliphatic heterocycles. The number of nitrogens with one attached hydrogen (secondary N) is 1. The van der Waals surface area contributed by atoms with Gasteiger partial charge in [-0.1, -0.05) is 40.2 Å². The first-order valence-corrected chi connectivity index (χ1v) is 12.6. The van der Waals surface area contributed by atoms with Crippen LogP contribution in [0.3, 0.4) is 0 Å². The predicted octanol–water partition coefficient (Wildman–Crippen LogP) is 3.77. The molecular weight excluding hydrogens is 418 g/mol. The summed E-state index contributed by atoms with van der Waals surface area (Å²) in [5, 5.41) is 3.09. The van der Waals surface area contributed by atoms with E-state index in [0.717, 1.165) is 25.8 Å². The maximum Gasteiger partial charge on any atom is 0.333 e. The lowest BCUT2D eigenvalue weighted by atomic mass is 9.96. The van der Waals surface area contributed by atoms with Crippen molar-refractivity contribution in [2.45, 2.75) is 105 Å². The zero-order valence-electron chi connectivity index (χ0n) is 22.3. The van der Waals surface area contributed by atoms with Crippen LogP contribution in [0, 0.1) is 11.8 Å². The molecule has 190 valence electrons. The molecule has 1 saturated heterocycles. The fourth-order valence-electron chi connectivity index (χ4n) is 4.53. The Morgan fingerprint density at radius 3 is 2.27 bits per heavy atom. The summed E-state index contributed by atoms with van der Waals surface area (Å²) < 4.78 is 5.10. The second kappa shape index (κ2) is 13.7. The van der Waals surface area contributed by atoms with E-state index in [1.807, 2.05) is 13.8 Å². The van der Waals surface area contributed by atoms with Crippen molar-refractivity contribution in [3.05, 3.63) is 11.6 Å². The smallest absolute Gasteiger partial charge is 0.333 e. The molecule has 0 radical (unpaired) electrons. The number of hydrogen-bond acceptors (Lipinski definition) is 5. The molecule has 33 heavy (non-hydrogen) atoms. The molecule has 0 aliphatic carbocycles. The van der Waals surface area contributed by atoms with Crippen molar-refractivity contribution in [1.29, 1.82) is 0 Å². The first kappa shape index (κ1) is 29.1. The Labute approximate surface area is 201 Å². The van der Waals surface area contributed by atoms with Crippen molar-refractivity contribution >= 4 is 17.8 Å². The Kier molecular flexibility index (Phi) is 12.1. The largest absolute Gasteiger partial charge is 0.463 e. The van der Waals surface area contributed by atoms with Gasteiger partial charge in [-0.2, -0.15) is 0 Å². The predicted molar refractivity (Wildman–Crippen MR) is 133 cm³/mol. The zero-order chi connectivity index (χ0) is 25.3. The van der Waals surface area contributed by atoms with Crippen molar-refractivity contribution in [2.75, 3.05) is 20.2 Å². The average molecular weight is 466 g/mol. The molecule has 0 unspecified atom stereocenters. The minimum absolute atomic E-state index is 0.0601. The van der Waals surface area contributed by atoms with Crippen LogP contribution in [0.15, 0.2) is 11.6 Å². The van der Waals surface area contributed by atoms with Crippen molar-refractivity contribution < 1.29 is 19.1 Å². The van der Waals surface area contributed by atoms with Crippen LogP contribution in [-0.4, -0.2) is 72.0 Å². The molecule has 1 rings (SSSR count). The van der Waals surface area contributed by atoms with E-state index < -0.39 is 6.04 Å². The van der Waals surface area contributed by atoms with Gasteiger partial charge in [0.2, 0.25) is 11.8 Å². The van der Waals surface area contributed by atoms with Crippen LogP contribution in [0.4, 0.5) is 0 Å². The van der Waals surface area contributed by atoms with E-state index >= 15 is 0 Å². The summed E-state index contributed by atoms with van der Waals surface area (Å²) in [4.78, 5) is 42.9. The van der Waals surface area contributed by atoms with Crippen molar-refractivity contribution in [3.63, 3.8) is 0 Å². The number of esters is 1. The molecule has 1 aliphatic rings. The molecule has 1 fully saturated rings. The Morgan fingerprint density at radius 2 is 1.76 bits per heavy atom. The van der Waals surface area contributed by atoms with Crippen LogP contribution in [0.5, 0.6) is 0 Å². The van der Waals surface area contributed by atoms with Crippen molar-refractivity contribution in [2.24, 2.45) is 11.8 Å². The maximum absolute atomic E-state index is 13.6. The highest BCUT2D eigenvalue weighted by molar-refractivity contribution is 5.90. The molecule has 0 aromatic carbocycles. The lowest BCUT2D eigenvalue weighted by Crippen LogP contribution is -2.57. The highest BCUT2D eigenvalue weighted by atomic mass is 16.5. The van der Waals surface area contributed by atoms with Gasteiger partial charge in [-0.3, -0.25) is 14.5 Å². The van der Waals surface area contributed by atoms with E-state index in [1.165, 1.54) is 0 Å². The number of ether oxygens (including phenoxy) is 1. The second-order valence-corrected chi connectivity index (χ2v) is 10.3. The summed E-state index contributed by atoms with van der Waals surface area (Å²) in [5.41, 5.74) is 0.481. The Balaban J connectivity index is 3.09. The number of nitrogens with zero attached hydrogens (tertiary/aromatic N) is 2. The highest BCUT2D eigenvalue weighted by Gasteiger charge is 2.35. The van der Waals surface area contributed by atoms with Crippen molar-refractivity contribution in [1.82, 2.24) is 15.1 Å². The molecule has 3 atom stereocenters. The number of carbonyl (C=O) groups excluding carboxylic acids is 3. The number of carbonyl (C=O) groups is 3. The molecule has 0 bridgehead atoms. The number of likely N-dealkylation sites (tertiary alicyclic amines) is 1. The summed E-state index contributed by atoms with van der Waals surface area (Å²) >= 11 is 0. The summed E-state index contributed by atoms with van der Waals surface area (Å²) in [6, 6.07) is -0.797. The van der Waals surface area contributed by atoms with Gasteiger partial charge < -0.3 is 15.0 Å². The molecule has 0 saturated carbocycles. The maximum atomic E-state index is 13.6. The SMILES string of the molecule is CCOC(=O)C(C)=C[C@H](C(C)C)N(C)C(=O)[C@H](CC(C)C)NC(=O)[C@H]1CCCCN1C(C)C. The monoisotopic (exact) mass is 465 g/mol. The molecule has 7 nitrogen and oxygen atoms in total. The third-order valence-corrected chi connectivity index (χ3v) is 6.33. The van der Waals surface area contributed by atoms with E-state index in [-0.39, 0.29) is 47.7 Å². The van der Waals surface area contributed by atoms with Gasteiger partial charge in [-0.05, 0) is 65.3 Å². The van der Waals surface area contributed by atoms with E-state index in [0.29, 0.717) is 18.6 Å². The number of amides is 2. The number of piperidine rings is 1. The van der Waals surface area contributed by atoms with Gasteiger partial charge in [0.05, 0.1) is 18.7 Å². The minimum Gasteiger partial charge on any atom is -0.463 e. The van der Waals surface area contributed by atoms with Gasteiger partial charge in [0.25, 0.3) is 0 Å². The van der Waals surface area contributed by atoms with Gasteiger partial charge in [-0.25, -0.2) is 4.79 Å². The highest BCUT2D eigenvalue weighted by Crippen LogP contribution is 2.21. The zero-order valence-corrected chi connectivity index (χ0v) is 22.3. The van der Waals surface area contributed by atoms with Gasteiger partial charge in [0, 0.05) is 18.7 Å². The Morgan fingerprint density at radius 1 is 1.12 bits per heavy atom. The first-order valence-electron chi connectivity index (χ1n) is 12.6. The van der Waals surface area contributed by atoms with E-state index in [9.17, 15) is 14.4 Å². The Bertz CT molecular complexity index is 687. The third kappa shape index (κ3) is 8.76. The van der Waals surface area contributed by atoms with Crippen molar-refractivity contribution in [3.8, 4) is 0 Å². The van der Waals surface area contributed by atoms with Crippen LogP contribution < -0.4 is 5.32 Å². The molecular formula is C26H47N3O4. The van der Waals surface area contributed by atoms with E-state index in [1.54, 1.807) is 31.9 Å². The summed E-state index contributed by atoms with van der Waals surface area (Å²) in [6.45, 7) is 17.1. The minimum atomic E-state index is -0.601. The fourth-order valence-corrected chi connectivity index (χ4v) is 4.53. The standard InChI is InChI=1S/C26H47N3O4/c1-10-33-26(32)20(8)16-23(18(4)5)28(9)25(31)21(15-17(2)3)27-24(30)22-13-11-12-14-29(22)19(6)7/h16-19,21-23H,10-15H2,1-9H3,(H,27,30)/t21-,22+,23+/m0/s1. The molecule has 7 heteroatoms. The molecule has 0 spiro atoms. The molecule has 2 amide bonds. The van der Waals surface area contributed by atoms with Crippen LogP contribution in [0.25, 0.3) is 0 Å². The van der Waals surface area contributed by atoms with E-state index in [2.05, 4.69) is 37.9 Å². The van der Waals surface area contributed by atoms with Gasteiger partial charge in [0.15, 0.2) is 0 Å². The molecule has 0 aromatic heterocycles. The summed E-state index contributed by atoms with van der Waals surface area (Å²) in [5.74, 6) is -0.226. The quantitative estimate of drug-likeness (QED) is 0.371. The fraction of sp³-hybridized carbons (Fsp3) is 0.808. The third-order valence-electron chi connectivity index (χ3n) is 6.33. The number of rotatable bonds is 11. The first-order chi connectivity index (χ1) is 15.4.